The average molecular weight is 497 g/mol. The Kier molecular flexibility index (Phi) is 6.86. The van der Waals surface area contributed by atoms with Crippen molar-refractivity contribution in [2.45, 2.75) is 19.3 Å². The summed E-state index contributed by atoms with van der Waals surface area (Å²) < 4.78 is 6.41. The van der Waals surface area contributed by atoms with E-state index in [1.807, 2.05) is 54.6 Å². The Balaban J connectivity index is 1.43. The lowest BCUT2D eigenvalue weighted by molar-refractivity contribution is -0.136. The van der Waals surface area contributed by atoms with E-state index in [0.29, 0.717) is 18.8 Å². The Morgan fingerprint density at radius 1 is 0.889 bits per heavy atom. The van der Waals surface area contributed by atoms with Crippen LogP contribution in [0.4, 0.5) is 11.6 Å². The number of aliphatic carboxylic acids is 1. The number of rotatable bonds is 9. The molecule has 36 heavy (non-hydrogen) atoms. The molecule has 0 saturated carbocycles. The van der Waals surface area contributed by atoms with E-state index >= 15 is 0 Å². The lowest BCUT2D eigenvalue weighted by atomic mass is 10.1. The van der Waals surface area contributed by atoms with E-state index in [1.165, 1.54) is 5.56 Å². The van der Waals surface area contributed by atoms with Crippen LogP contribution in [0.1, 0.15) is 27.5 Å². The number of aromatic nitrogens is 3. The molecule has 0 saturated heterocycles. The number of hydrogen-bond donors (Lipinski definition) is 2. The molecule has 3 aromatic carbocycles. The highest BCUT2D eigenvalue weighted by Crippen LogP contribution is 2.28. The number of fused-ring (bicyclic) bond motifs is 1. The molecule has 0 fully saturated rings. The first-order chi connectivity index (χ1) is 17.5. The van der Waals surface area contributed by atoms with E-state index in [4.69, 9.17) is 24.8 Å². The van der Waals surface area contributed by atoms with Gasteiger partial charge < -0.3 is 15.2 Å². The number of nitrogens with one attached hydrogen (secondary N) is 1. The van der Waals surface area contributed by atoms with Gasteiger partial charge in [-0.25, -0.2) is 15.0 Å². The topological polar surface area (TPSA) is 97.2 Å². The number of carboxylic acids is 1. The minimum Gasteiger partial charge on any atom is -0.497 e. The number of nitrogens with zero attached hydrogens (tertiary/aromatic N) is 3. The van der Waals surface area contributed by atoms with E-state index in [-0.39, 0.29) is 6.42 Å². The molecule has 2 aromatic heterocycles. The van der Waals surface area contributed by atoms with Crippen LogP contribution < -0.4 is 10.1 Å². The second kappa shape index (κ2) is 10.5. The number of hydrogen-bond acceptors (Lipinski definition) is 7. The third kappa shape index (κ3) is 5.84. The molecule has 5 aromatic rings. The van der Waals surface area contributed by atoms with E-state index in [2.05, 4.69) is 17.4 Å². The van der Waals surface area contributed by atoms with Gasteiger partial charge in [0.2, 0.25) is 5.95 Å². The fourth-order valence-electron chi connectivity index (χ4n) is 3.92. The zero-order chi connectivity index (χ0) is 24.9. The number of thiazole rings is 1. The SMILES string of the molecule is COc1ccc2nc(Cc3cc(Cc4ccccc4)nc(Nc4ccc(CC(=O)O)cc4)n3)sc2c1. The summed E-state index contributed by atoms with van der Waals surface area (Å²) in [6.07, 6.45) is 1.25. The van der Waals surface area contributed by atoms with Gasteiger partial charge in [0.05, 0.1) is 40.1 Å². The predicted molar refractivity (Wildman–Crippen MR) is 141 cm³/mol. The van der Waals surface area contributed by atoms with Crippen molar-refractivity contribution in [3.8, 4) is 5.75 Å². The number of anilines is 2. The van der Waals surface area contributed by atoms with Crippen LogP contribution in [-0.2, 0) is 24.1 Å². The Bertz CT molecular complexity index is 1500. The quantitative estimate of drug-likeness (QED) is 0.272. The van der Waals surface area contributed by atoms with E-state index in [1.54, 1.807) is 30.6 Å². The summed E-state index contributed by atoms with van der Waals surface area (Å²) in [4.78, 5) is 25.3. The van der Waals surface area contributed by atoms with Crippen LogP contribution in [-0.4, -0.2) is 33.1 Å². The first kappa shape index (κ1) is 23.4. The molecule has 5 rings (SSSR count). The van der Waals surface area contributed by atoms with Crippen molar-refractivity contribution in [3.05, 3.63) is 106 Å². The van der Waals surface area contributed by atoms with Gasteiger partial charge in [-0.1, -0.05) is 42.5 Å². The van der Waals surface area contributed by atoms with E-state index in [0.717, 1.165) is 43.6 Å². The molecule has 2 heterocycles. The number of carbonyl (C=O) groups is 1. The fraction of sp³-hybridized carbons (Fsp3) is 0.143. The van der Waals surface area contributed by atoms with Crippen molar-refractivity contribution in [1.29, 1.82) is 0 Å². The van der Waals surface area contributed by atoms with Crippen LogP contribution in [0.2, 0.25) is 0 Å². The van der Waals surface area contributed by atoms with Crippen molar-refractivity contribution < 1.29 is 14.6 Å². The van der Waals surface area contributed by atoms with Gasteiger partial charge in [0.1, 0.15) is 5.75 Å². The molecule has 8 heteroatoms. The summed E-state index contributed by atoms with van der Waals surface area (Å²) in [5.74, 6) is 0.448. The molecule has 7 nitrogen and oxygen atoms in total. The molecule has 0 aliphatic rings. The van der Waals surface area contributed by atoms with Gasteiger partial charge in [0.25, 0.3) is 0 Å². The van der Waals surface area contributed by atoms with Crippen molar-refractivity contribution in [1.82, 2.24) is 15.0 Å². The van der Waals surface area contributed by atoms with Gasteiger partial charge in [-0.3, -0.25) is 4.79 Å². The predicted octanol–water partition coefficient (Wildman–Crippen LogP) is 5.65. The summed E-state index contributed by atoms with van der Waals surface area (Å²) in [6.45, 7) is 0. The Morgan fingerprint density at radius 3 is 2.36 bits per heavy atom. The fourth-order valence-corrected chi connectivity index (χ4v) is 4.93. The van der Waals surface area contributed by atoms with E-state index in [9.17, 15) is 4.79 Å². The maximum absolute atomic E-state index is 11.0. The second-order valence-electron chi connectivity index (χ2n) is 8.35. The monoisotopic (exact) mass is 496 g/mol. The normalized spacial score (nSPS) is 10.9. The molecule has 0 aliphatic heterocycles. The van der Waals surface area contributed by atoms with E-state index < -0.39 is 5.97 Å². The molecule has 180 valence electrons. The maximum atomic E-state index is 11.0. The molecule has 0 unspecified atom stereocenters. The highest BCUT2D eigenvalue weighted by Gasteiger charge is 2.11. The van der Waals surface area contributed by atoms with Gasteiger partial charge in [-0.05, 0) is 47.5 Å². The summed E-state index contributed by atoms with van der Waals surface area (Å²) in [5.41, 5.74) is 5.40. The number of methoxy groups -OCH3 is 1. The molecule has 0 aliphatic carbocycles. The largest absolute Gasteiger partial charge is 0.497 e. The summed E-state index contributed by atoms with van der Waals surface area (Å²) in [5, 5.41) is 13.2. The Morgan fingerprint density at radius 2 is 1.64 bits per heavy atom. The zero-order valence-electron chi connectivity index (χ0n) is 19.6. The molecule has 0 bridgehead atoms. The maximum Gasteiger partial charge on any atom is 0.307 e. The Hall–Kier alpha value is -4.30. The van der Waals surface area contributed by atoms with Crippen LogP contribution >= 0.6 is 11.3 Å². The molecule has 0 amide bonds. The number of carboxylic acid groups (broad SMARTS) is 1. The summed E-state index contributed by atoms with van der Waals surface area (Å²) in [7, 11) is 1.66. The van der Waals surface area contributed by atoms with Crippen LogP contribution in [0.5, 0.6) is 5.75 Å². The highest BCUT2D eigenvalue weighted by atomic mass is 32.1. The van der Waals surface area contributed by atoms with Gasteiger partial charge in [-0.15, -0.1) is 11.3 Å². The van der Waals surface area contributed by atoms with Crippen molar-refractivity contribution in [2.75, 3.05) is 12.4 Å². The summed E-state index contributed by atoms with van der Waals surface area (Å²) >= 11 is 1.63. The van der Waals surface area contributed by atoms with Gasteiger partial charge >= 0.3 is 5.97 Å². The van der Waals surface area contributed by atoms with Crippen molar-refractivity contribution in [3.63, 3.8) is 0 Å². The first-order valence-electron chi connectivity index (χ1n) is 11.5. The smallest absolute Gasteiger partial charge is 0.307 e. The van der Waals surface area contributed by atoms with Crippen LogP contribution in [0.15, 0.2) is 78.9 Å². The minimum atomic E-state index is -0.856. The second-order valence-corrected chi connectivity index (χ2v) is 9.46. The van der Waals surface area contributed by atoms with Crippen LogP contribution in [0, 0.1) is 0 Å². The third-order valence-corrected chi connectivity index (χ3v) is 6.62. The van der Waals surface area contributed by atoms with Gasteiger partial charge in [0.15, 0.2) is 0 Å². The first-order valence-corrected chi connectivity index (χ1v) is 12.3. The molecule has 2 N–H and O–H groups in total. The van der Waals surface area contributed by atoms with Crippen molar-refractivity contribution in [2.24, 2.45) is 0 Å². The third-order valence-electron chi connectivity index (χ3n) is 5.60. The molecule has 0 radical (unpaired) electrons. The minimum absolute atomic E-state index is 0.0124. The zero-order valence-corrected chi connectivity index (χ0v) is 20.5. The number of benzene rings is 3. The van der Waals surface area contributed by atoms with Crippen LogP contribution in [0.3, 0.4) is 0 Å². The van der Waals surface area contributed by atoms with Gasteiger partial charge in [0, 0.05) is 18.5 Å². The lowest BCUT2D eigenvalue weighted by Crippen LogP contribution is -2.05. The van der Waals surface area contributed by atoms with Crippen LogP contribution in [0.25, 0.3) is 10.2 Å². The highest BCUT2D eigenvalue weighted by molar-refractivity contribution is 7.18. The van der Waals surface area contributed by atoms with Crippen molar-refractivity contribution >= 4 is 39.2 Å². The lowest BCUT2D eigenvalue weighted by Gasteiger charge is -2.10. The number of ether oxygens (including phenoxy) is 1. The summed E-state index contributed by atoms with van der Waals surface area (Å²) in [6, 6.07) is 25.4. The standard InChI is InChI=1S/C28H24N4O3S/c1-35-23-11-12-24-25(17-23)36-26(32-24)16-22-15-21(13-18-5-3-2-4-6-18)30-28(31-22)29-20-9-7-19(8-10-20)14-27(33)34/h2-12,15,17H,13-14,16H2,1H3,(H,33,34)(H,29,30,31). The molecule has 0 atom stereocenters. The van der Waals surface area contributed by atoms with Gasteiger partial charge in [-0.2, -0.15) is 0 Å². The average Bonchev–Trinajstić information content (AvgIpc) is 3.26. The Labute approximate surface area is 212 Å². The molecule has 0 spiro atoms. The molecular weight excluding hydrogens is 472 g/mol. The molecular formula is C28H24N4O3S.